The van der Waals surface area contributed by atoms with Crippen molar-refractivity contribution >= 4 is 23.5 Å². The Bertz CT molecular complexity index is 827. The Balaban J connectivity index is 1.45. The van der Waals surface area contributed by atoms with Crippen LogP contribution in [0.15, 0.2) is 78.2 Å². The lowest BCUT2D eigenvalue weighted by Gasteiger charge is -2.06. The molecule has 0 atom stereocenters. The molecular weight excluding hydrogens is 330 g/mol. The summed E-state index contributed by atoms with van der Waals surface area (Å²) in [7, 11) is 0. The molecule has 2 aromatic carbocycles. The van der Waals surface area contributed by atoms with Crippen molar-refractivity contribution in [3.05, 3.63) is 89.7 Å². The molecule has 0 amide bonds. The van der Waals surface area contributed by atoms with Crippen molar-refractivity contribution in [3.8, 4) is 0 Å². The Kier molecular flexibility index (Phi) is 5.90. The van der Waals surface area contributed by atoms with Crippen LogP contribution in [-0.4, -0.2) is 21.1 Å². The van der Waals surface area contributed by atoms with Gasteiger partial charge in [0.25, 0.3) is 0 Å². The summed E-state index contributed by atoms with van der Waals surface area (Å²) in [5.74, 6) is 0. The first-order chi connectivity index (χ1) is 12.3. The van der Waals surface area contributed by atoms with E-state index in [1.165, 1.54) is 5.56 Å². The van der Waals surface area contributed by atoms with Gasteiger partial charge in [-0.3, -0.25) is 10.1 Å². The molecule has 126 valence electrons. The van der Waals surface area contributed by atoms with Gasteiger partial charge in [-0.1, -0.05) is 60.7 Å². The van der Waals surface area contributed by atoms with E-state index >= 15 is 0 Å². The molecule has 0 bridgehead atoms. The monoisotopic (exact) mass is 349 g/mol. The molecule has 3 rings (SSSR count). The molecule has 1 aromatic heterocycles. The van der Waals surface area contributed by atoms with Crippen molar-refractivity contribution in [1.29, 1.82) is 0 Å². The summed E-state index contributed by atoms with van der Waals surface area (Å²) < 4.78 is 1.88. The van der Waals surface area contributed by atoms with E-state index in [0.717, 1.165) is 17.7 Å². The lowest BCUT2D eigenvalue weighted by Crippen LogP contribution is -2.31. The summed E-state index contributed by atoms with van der Waals surface area (Å²) in [6.45, 7) is 1.40. The maximum Gasteiger partial charge on any atom is 0.187 e. The van der Waals surface area contributed by atoms with Crippen LogP contribution in [0.2, 0.25) is 0 Å². The van der Waals surface area contributed by atoms with Crippen molar-refractivity contribution in [2.24, 2.45) is 5.10 Å². The maximum absolute atomic E-state index is 5.20. The molecule has 0 radical (unpaired) electrons. The highest BCUT2D eigenvalue weighted by atomic mass is 32.1. The van der Waals surface area contributed by atoms with Crippen LogP contribution in [0.25, 0.3) is 0 Å². The fourth-order valence-corrected chi connectivity index (χ4v) is 2.41. The second-order valence-corrected chi connectivity index (χ2v) is 5.90. The van der Waals surface area contributed by atoms with Crippen LogP contribution in [0.1, 0.15) is 16.7 Å². The minimum atomic E-state index is 0.483. The molecule has 5 nitrogen and oxygen atoms in total. The number of hydrogen-bond donors (Lipinski definition) is 2. The molecule has 3 aromatic rings. The van der Waals surface area contributed by atoms with Crippen molar-refractivity contribution < 1.29 is 0 Å². The molecule has 0 fully saturated rings. The van der Waals surface area contributed by atoms with Gasteiger partial charge in [-0.25, -0.2) is 0 Å². The average molecular weight is 349 g/mol. The Hall–Kier alpha value is -2.99. The number of benzene rings is 2. The summed E-state index contributed by atoms with van der Waals surface area (Å²) in [5, 5.41) is 12.1. The van der Waals surface area contributed by atoms with Gasteiger partial charge in [-0.05, 0) is 23.3 Å². The van der Waals surface area contributed by atoms with E-state index in [9.17, 15) is 0 Å². The topological polar surface area (TPSA) is 54.2 Å². The largest absolute Gasteiger partial charge is 0.357 e. The van der Waals surface area contributed by atoms with Crippen LogP contribution in [0.4, 0.5) is 0 Å². The molecule has 0 aliphatic heterocycles. The third kappa shape index (κ3) is 5.54. The van der Waals surface area contributed by atoms with E-state index in [1.54, 1.807) is 12.4 Å². The lowest BCUT2D eigenvalue weighted by molar-refractivity contribution is 0.687. The number of hydrogen-bond acceptors (Lipinski definition) is 3. The van der Waals surface area contributed by atoms with E-state index in [2.05, 4.69) is 33.1 Å². The first kappa shape index (κ1) is 16.9. The molecule has 25 heavy (non-hydrogen) atoms. The fraction of sp³-hybridized carbons (Fsp3) is 0.105. The highest BCUT2D eigenvalue weighted by Crippen LogP contribution is 2.02. The summed E-state index contributed by atoms with van der Waals surface area (Å²) in [6.07, 6.45) is 5.41. The SMILES string of the molecule is S=C(NCc1ccccc1)N/N=C\c1cnn(Cc2ccccc2)c1. The normalized spacial score (nSPS) is 10.7. The highest BCUT2D eigenvalue weighted by molar-refractivity contribution is 7.80. The van der Waals surface area contributed by atoms with Crippen LogP contribution in [0.3, 0.4) is 0 Å². The van der Waals surface area contributed by atoms with E-state index in [1.807, 2.05) is 59.4 Å². The predicted molar refractivity (Wildman–Crippen MR) is 104 cm³/mol. The first-order valence-corrected chi connectivity index (χ1v) is 8.37. The number of thiocarbonyl (C=S) groups is 1. The molecule has 1 heterocycles. The van der Waals surface area contributed by atoms with Crippen LogP contribution in [0.5, 0.6) is 0 Å². The van der Waals surface area contributed by atoms with Crippen LogP contribution in [0, 0.1) is 0 Å². The first-order valence-electron chi connectivity index (χ1n) is 7.97. The Labute approximate surface area is 152 Å². The molecule has 0 unspecified atom stereocenters. The van der Waals surface area contributed by atoms with Crippen molar-refractivity contribution in [1.82, 2.24) is 20.5 Å². The number of rotatable bonds is 6. The van der Waals surface area contributed by atoms with Crippen LogP contribution < -0.4 is 10.7 Å². The van der Waals surface area contributed by atoms with E-state index < -0.39 is 0 Å². The van der Waals surface area contributed by atoms with Crippen molar-refractivity contribution in [2.45, 2.75) is 13.1 Å². The second kappa shape index (κ2) is 8.75. The molecule has 0 spiro atoms. The third-order valence-corrected chi connectivity index (χ3v) is 3.75. The smallest absolute Gasteiger partial charge is 0.187 e. The zero-order valence-electron chi connectivity index (χ0n) is 13.7. The number of hydrazone groups is 1. The quantitative estimate of drug-likeness (QED) is 0.408. The zero-order valence-corrected chi connectivity index (χ0v) is 14.5. The van der Waals surface area contributed by atoms with Gasteiger partial charge in [0, 0.05) is 18.3 Å². The number of nitrogens with zero attached hydrogens (tertiary/aromatic N) is 3. The molecule has 0 aliphatic rings. The highest BCUT2D eigenvalue weighted by Gasteiger charge is 1.98. The van der Waals surface area contributed by atoms with Gasteiger partial charge in [0.15, 0.2) is 5.11 Å². The van der Waals surface area contributed by atoms with E-state index in [4.69, 9.17) is 12.2 Å². The number of nitrogens with one attached hydrogen (secondary N) is 2. The molecule has 0 saturated heterocycles. The third-order valence-electron chi connectivity index (χ3n) is 3.52. The zero-order chi connectivity index (χ0) is 17.3. The molecule has 0 aliphatic carbocycles. The van der Waals surface area contributed by atoms with E-state index in [-0.39, 0.29) is 0 Å². The molecule has 6 heteroatoms. The molecular formula is C19H19N5S. The van der Waals surface area contributed by atoms with Gasteiger partial charge < -0.3 is 5.32 Å². The van der Waals surface area contributed by atoms with E-state index in [0.29, 0.717) is 11.7 Å². The van der Waals surface area contributed by atoms with Gasteiger partial charge in [-0.2, -0.15) is 10.2 Å². The minimum Gasteiger partial charge on any atom is -0.357 e. The summed E-state index contributed by atoms with van der Waals surface area (Å²) >= 11 is 5.20. The van der Waals surface area contributed by atoms with Gasteiger partial charge in [-0.15, -0.1) is 0 Å². The Morgan fingerprint density at radius 3 is 2.44 bits per heavy atom. The van der Waals surface area contributed by atoms with Crippen molar-refractivity contribution in [3.63, 3.8) is 0 Å². The van der Waals surface area contributed by atoms with Gasteiger partial charge >= 0.3 is 0 Å². The lowest BCUT2D eigenvalue weighted by atomic mass is 10.2. The number of aromatic nitrogens is 2. The van der Waals surface area contributed by atoms with Gasteiger partial charge in [0.05, 0.1) is 19.0 Å². The second-order valence-electron chi connectivity index (χ2n) is 5.50. The Morgan fingerprint density at radius 2 is 1.72 bits per heavy atom. The molecule has 0 saturated carbocycles. The van der Waals surface area contributed by atoms with Crippen LogP contribution in [-0.2, 0) is 13.1 Å². The van der Waals surface area contributed by atoms with Crippen molar-refractivity contribution in [2.75, 3.05) is 0 Å². The average Bonchev–Trinajstić information content (AvgIpc) is 3.09. The minimum absolute atomic E-state index is 0.483. The maximum atomic E-state index is 5.20. The van der Waals surface area contributed by atoms with Gasteiger partial charge in [0.2, 0.25) is 0 Å². The summed E-state index contributed by atoms with van der Waals surface area (Å²) in [4.78, 5) is 0. The summed E-state index contributed by atoms with van der Waals surface area (Å²) in [5.41, 5.74) is 6.10. The Morgan fingerprint density at radius 1 is 1.04 bits per heavy atom. The fourth-order valence-electron chi connectivity index (χ4n) is 2.29. The van der Waals surface area contributed by atoms with Gasteiger partial charge in [0.1, 0.15) is 0 Å². The predicted octanol–water partition coefficient (Wildman–Crippen LogP) is 2.93. The summed E-state index contributed by atoms with van der Waals surface area (Å²) in [6, 6.07) is 20.3. The van der Waals surface area contributed by atoms with Crippen LogP contribution >= 0.6 is 12.2 Å². The molecule has 2 N–H and O–H groups in total. The standard InChI is InChI=1S/C19H19N5S/c25-19(20-11-16-7-3-1-4-8-16)23-21-12-18-13-22-24(15-18)14-17-9-5-2-6-10-17/h1-10,12-13,15H,11,14H2,(H2,20,23,25)/b21-12-.